The van der Waals surface area contributed by atoms with Crippen molar-refractivity contribution in [2.75, 3.05) is 0 Å². The van der Waals surface area contributed by atoms with Crippen molar-refractivity contribution >= 4 is 10.8 Å². The summed E-state index contributed by atoms with van der Waals surface area (Å²) in [5.41, 5.74) is 5.28. The van der Waals surface area contributed by atoms with E-state index in [0.717, 1.165) is 27.5 Å². The molecular weight excluding hydrogens is 414 g/mol. The van der Waals surface area contributed by atoms with E-state index in [-0.39, 0.29) is 0 Å². The monoisotopic (exact) mass is 435 g/mol. The molecule has 6 rings (SSSR count). The zero-order valence-corrected chi connectivity index (χ0v) is 18.5. The van der Waals surface area contributed by atoms with Gasteiger partial charge in [-0.05, 0) is 28.0 Å². The lowest BCUT2D eigenvalue weighted by molar-refractivity contribution is 1.08. The molecule has 160 valence electrons. The number of aromatic nitrogens is 3. The van der Waals surface area contributed by atoms with Gasteiger partial charge in [0.1, 0.15) is 0 Å². The van der Waals surface area contributed by atoms with E-state index >= 15 is 0 Å². The van der Waals surface area contributed by atoms with Crippen LogP contribution in [0.5, 0.6) is 0 Å². The van der Waals surface area contributed by atoms with Crippen molar-refractivity contribution in [1.29, 1.82) is 0 Å². The van der Waals surface area contributed by atoms with Crippen LogP contribution in [-0.2, 0) is 0 Å². The van der Waals surface area contributed by atoms with Gasteiger partial charge in [0.25, 0.3) is 0 Å². The van der Waals surface area contributed by atoms with Gasteiger partial charge >= 0.3 is 0 Å². The molecule has 0 amide bonds. The first-order valence-electron chi connectivity index (χ1n) is 11.3. The molecular formula is C31H21N3. The number of hydrogen-bond acceptors (Lipinski definition) is 3. The fourth-order valence-corrected chi connectivity index (χ4v) is 4.21. The molecule has 0 bridgehead atoms. The zero-order valence-electron chi connectivity index (χ0n) is 18.5. The summed E-state index contributed by atoms with van der Waals surface area (Å²) in [4.78, 5) is 14.7. The average Bonchev–Trinajstić information content (AvgIpc) is 2.93. The lowest BCUT2D eigenvalue weighted by Gasteiger charge is -2.11. The van der Waals surface area contributed by atoms with Gasteiger partial charge in [0.2, 0.25) is 0 Å². The third-order valence-corrected chi connectivity index (χ3v) is 5.93. The third kappa shape index (κ3) is 3.84. The summed E-state index contributed by atoms with van der Waals surface area (Å²) in [6, 6.07) is 43.4. The van der Waals surface area contributed by atoms with Gasteiger partial charge < -0.3 is 0 Å². The van der Waals surface area contributed by atoms with E-state index in [0.29, 0.717) is 17.5 Å². The largest absolute Gasteiger partial charge is 0.208 e. The van der Waals surface area contributed by atoms with Crippen LogP contribution in [0.1, 0.15) is 0 Å². The summed E-state index contributed by atoms with van der Waals surface area (Å²) in [5.74, 6) is 2.00. The summed E-state index contributed by atoms with van der Waals surface area (Å²) < 4.78 is 0. The number of hydrogen-bond donors (Lipinski definition) is 0. The van der Waals surface area contributed by atoms with E-state index < -0.39 is 0 Å². The van der Waals surface area contributed by atoms with Crippen molar-refractivity contribution in [2.24, 2.45) is 0 Å². The maximum atomic E-state index is 4.93. The molecule has 1 heterocycles. The van der Waals surface area contributed by atoms with Crippen molar-refractivity contribution < 1.29 is 0 Å². The van der Waals surface area contributed by atoms with Gasteiger partial charge in [-0.25, -0.2) is 15.0 Å². The number of benzene rings is 5. The minimum atomic E-state index is 0.667. The van der Waals surface area contributed by atoms with E-state index in [1.807, 2.05) is 66.7 Å². The molecule has 1 aromatic heterocycles. The maximum absolute atomic E-state index is 4.93. The van der Waals surface area contributed by atoms with Crippen molar-refractivity contribution in [2.45, 2.75) is 0 Å². The molecule has 0 fully saturated rings. The van der Waals surface area contributed by atoms with E-state index in [1.165, 1.54) is 11.1 Å². The Kier molecular flexibility index (Phi) is 5.13. The maximum Gasteiger partial charge on any atom is 0.164 e. The van der Waals surface area contributed by atoms with Gasteiger partial charge in [0.15, 0.2) is 17.5 Å². The first kappa shape index (κ1) is 20.0. The van der Waals surface area contributed by atoms with Crippen LogP contribution >= 0.6 is 0 Å². The Morgan fingerprint density at radius 1 is 0.353 bits per heavy atom. The molecule has 0 spiro atoms. The van der Waals surface area contributed by atoms with Crippen LogP contribution in [0, 0.1) is 0 Å². The predicted octanol–water partition coefficient (Wildman–Crippen LogP) is 7.69. The van der Waals surface area contributed by atoms with Gasteiger partial charge in [-0.3, -0.25) is 0 Å². The molecule has 0 saturated carbocycles. The highest BCUT2D eigenvalue weighted by Crippen LogP contribution is 2.32. The Labute approximate surface area is 198 Å². The Bertz CT molecular complexity index is 1520. The van der Waals surface area contributed by atoms with Gasteiger partial charge in [-0.15, -0.1) is 0 Å². The van der Waals surface area contributed by atoms with E-state index in [1.54, 1.807) is 0 Å². The van der Waals surface area contributed by atoms with E-state index in [9.17, 15) is 0 Å². The quantitative estimate of drug-likeness (QED) is 0.285. The van der Waals surface area contributed by atoms with Gasteiger partial charge in [-0.1, -0.05) is 121 Å². The lowest BCUT2D eigenvalue weighted by Crippen LogP contribution is -2.00. The molecule has 5 aromatic carbocycles. The lowest BCUT2D eigenvalue weighted by atomic mass is 9.98. The molecule has 0 aliphatic rings. The smallest absolute Gasteiger partial charge is 0.164 e. The highest BCUT2D eigenvalue weighted by molar-refractivity contribution is 5.98. The number of nitrogens with zero attached hydrogens (tertiary/aromatic N) is 3. The predicted molar refractivity (Wildman–Crippen MR) is 139 cm³/mol. The molecule has 0 aliphatic carbocycles. The molecule has 0 saturated heterocycles. The van der Waals surface area contributed by atoms with Crippen LogP contribution in [0.15, 0.2) is 127 Å². The molecule has 0 radical (unpaired) electrons. The second-order valence-electron chi connectivity index (χ2n) is 8.15. The molecule has 3 heteroatoms. The molecule has 0 atom stereocenters. The van der Waals surface area contributed by atoms with Crippen molar-refractivity contribution in [3.8, 4) is 45.3 Å². The van der Waals surface area contributed by atoms with Crippen molar-refractivity contribution in [3.05, 3.63) is 127 Å². The Hall–Kier alpha value is -4.63. The van der Waals surface area contributed by atoms with Crippen LogP contribution < -0.4 is 0 Å². The first-order valence-corrected chi connectivity index (χ1v) is 11.3. The highest BCUT2D eigenvalue weighted by Gasteiger charge is 2.14. The van der Waals surface area contributed by atoms with Crippen LogP contribution in [0.2, 0.25) is 0 Å². The summed E-state index contributed by atoms with van der Waals surface area (Å²) in [6.45, 7) is 0. The average molecular weight is 436 g/mol. The summed E-state index contributed by atoms with van der Waals surface area (Å²) in [6.07, 6.45) is 0. The molecule has 0 N–H and O–H groups in total. The Morgan fingerprint density at radius 3 is 1.47 bits per heavy atom. The number of fused-ring (bicyclic) bond motifs is 1. The number of rotatable bonds is 4. The standard InChI is InChI=1S/C31H21N3/c1-4-11-22(12-5-1)26-20-19-23-17-10-18-27(28(23)21-26)31-33-29(24-13-6-2-7-14-24)32-30(34-31)25-15-8-3-9-16-25/h1-21H. The van der Waals surface area contributed by atoms with Crippen molar-refractivity contribution in [3.63, 3.8) is 0 Å². The second kappa shape index (κ2) is 8.72. The van der Waals surface area contributed by atoms with Crippen LogP contribution in [-0.4, -0.2) is 15.0 Å². The molecule has 34 heavy (non-hydrogen) atoms. The Balaban J connectivity index is 1.58. The highest BCUT2D eigenvalue weighted by atomic mass is 15.0. The van der Waals surface area contributed by atoms with Crippen LogP contribution in [0.3, 0.4) is 0 Å². The summed E-state index contributed by atoms with van der Waals surface area (Å²) in [7, 11) is 0. The minimum absolute atomic E-state index is 0.667. The van der Waals surface area contributed by atoms with E-state index in [4.69, 9.17) is 15.0 Å². The van der Waals surface area contributed by atoms with E-state index in [2.05, 4.69) is 60.7 Å². The zero-order chi connectivity index (χ0) is 22.7. The van der Waals surface area contributed by atoms with Crippen LogP contribution in [0.25, 0.3) is 56.1 Å². The van der Waals surface area contributed by atoms with Crippen LogP contribution in [0.4, 0.5) is 0 Å². The van der Waals surface area contributed by atoms with Gasteiger partial charge in [0.05, 0.1) is 0 Å². The molecule has 3 nitrogen and oxygen atoms in total. The molecule has 6 aromatic rings. The summed E-state index contributed by atoms with van der Waals surface area (Å²) in [5, 5.41) is 2.27. The summed E-state index contributed by atoms with van der Waals surface area (Å²) >= 11 is 0. The third-order valence-electron chi connectivity index (χ3n) is 5.93. The van der Waals surface area contributed by atoms with Gasteiger partial charge in [-0.2, -0.15) is 0 Å². The molecule has 0 unspecified atom stereocenters. The SMILES string of the molecule is c1ccc(-c2ccc3cccc(-c4nc(-c5ccccc5)nc(-c5ccccc5)n4)c3c2)cc1. The fourth-order valence-electron chi connectivity index (χ4n) is 4.21. The van der Waals surface area contributed by atoms with Crippen molar-refractivity contribution in [1.82, 2.24) is 15.0 Å². The normalized spacial score (nSPS) is 10.9. The second-order valence-corrected chi connectivity index (χ2v) is 8.15. The minimum Gasteiger partial charge on any atom is -0.208 e. The molecule has 0 aliphatic heterocycles. The topological polar surface area (TPSA) is 38.7 Å². The van der Waals surface area contributed by atoms with Gasteiger partial charge in [0, 0.05) is 16.7 Å². The fraction of sp³-hybridized carbons (Fsp3) is 0. The Morgan fingerprint density at radius 2 is 0.882 bits per heavy atom. The first-order chi connectivity index (χ1) is 16.8.